The van der Waals surface area contributed by atoms with Crippen molar-refractivity contribution in [1.82, 2.24) is 29.6 Å². The Kier molecular flexibility index (Phi) is 3.70. The van der Waals surface area contributed by atoms with Gasteiger partial charge in [0.2, 0.25) is 0 Å². The van der Waals surface area contributed by atoms with Crippen LogP contribution >= 0.6 is 11.3 Å². The number of nitrogens with zero attached hydrogens (tertiary/aromatic N) is 5. The molecular weight excluding hydrogens is 312 g/mol. The molecule has 7 nitrogen and oxygen atoms in total. The van der Waals surface area contributed by atoms with Crippen LogP contribution in [-0.2, 0) is 13.6 Å². The zero-order valence-corrected chi connectivity index (χ0v) is 13.7. The van der Waals surface area contributed by atoms with Gasteiger partial charge >= 0.3 is 0 Å². The maximum absolute atomic E-state index is 12.2. The fourth-order valence-corrected chi connectivity index (χ4v) is 4.01. The lowest BCUT2D eigenvalue weighted by molar-refractivity contribution is 0.136. The predicted octanol–water partition coefficient (Wildman–Crippen LogP) is 1.84. The smallest absolute Gasteiger partial charge is 0.262 e. The number of fused-ring (bicyclic) bond motifs is 1. The number of H-pyrrole nitrogens is 1. The first kappa shape index (κ1) is 14.5. The van der Waals surface area contributed by atoms with Gasteiger partial charge in [0.05, 0.1) is 18.8 Å². The van der Waals surface area contributed by atoms with E-state index in [1.54, 1.807) is 29.3 Å². The van der Waals surface area contributed by atoms with Crippen molar-refractivity contribution in [1.29, 1.82) is 0 Å². The normalized spacial score (nSPS) is 19.4. The van der Waals surface area contributed by atoms with Crippen molar-refractivity contribution in [2.45, 2.75) is 31.8 Å². The molecule has 1 N–H and O–H groups in total. The Hall–Kier alpha value is -2.06. The van der Waals surface area contributed by atoms with Gasteiger partial charge in [0.25, 0.3) is 5.56 Å². The van der Waals surface area contributed by atoms with Crippen LogP contribution in [0.3, 0.4) is 0 Å². The number of rotatable bonds is 3. The van der Waals surface area contributed by atoms with Gasteiger partial charge in [-0.15, -0.1) is 11.3 Å². The quantitative estimate of drug-likeness (QED) is 0.792. The third-order valence-electron chi connectivity index (χ3n) is 4.35. The Bertz CT molecular complexity index is 868. The molecule has 4 rings (SSSR count). The van der Waals surface area contributed by atoms with Crippen LogP contribution in [0.15, 0.2) is 22.6 Å². The van der Waals surface area contributed by atoms with E-state index < -0.39 is 0 Å². The van der Waals surface area contributed by atoms with Gasteiger partial charge in [-0.1, -0.05) is 6.42 Å². The third kappa shape index (κ3) is 2.68. The summed E-state index contributed by atoms with van der Waals surface area (Å²) in [5, 5.41) is 7.81. The van der Waals surface area contributed by atoms with Gasteiger partial charge in [-0.05, 0) is 19.4 Å². The van der Waals surface area contributed by atoms with Crippen molar-refractivity contribution in [3.63, 3.8) is 0 Å². The number of aromatic amines is 1. The molecule has 8 heteroatoms. The molecule has 0 radical (unpaired) electrons. The number of piperidine rings is 1. The highest BCUT2D eigenvalue weighted by atomic mass is 32.1. The molecule has 0 bridgehead atoms. The number of hydrogen-bond acceptors (Lipinski definition) is 6. The number of hydrogen-bond donors (Lipinski definition) is 1. The lowest BCUT2D eigenvalue weighted by Crippen LogP contribution is -2.34. The van der Waals surface area contributed by atoms with Gasteiger partial charge in [0.15, 0.2) is 5.65 Å². The van der Waals surface area contributed by atoms with E-state index in [1.807, 2.05) is 11.6 Å². The van der Waals surface area contributed by atoms with Crippen LogP contribution in [0.4, 0.5) is 0 Å². The van der Waals surface area contributed by atoms with E-state index in [1.165, 1.54) is 12.8 Å². The van der Waals surface area contributed by atoms with Crippen LogP contribution in [0.1, 0.15) is 36.1 Å². The number of likely N-dealkylation sites (tertiary alicyclic amines) is 1. The zero-order valence-electron chi connectivity index (χ0n) is 12.9. The second kappa shape index (κ2) is 5.86. The van der Waals surface area contributed by atoms with E-state index in [4.69, 9.17) is 0 Å². The average Bonchev–Trinajstić information content (AvgIpc) is 3.19. The maximum Gasteiger partial charge on any atom is 0.262 e. The Morgan fingerprint density at radius 3 is 3.17 bits per heavy atom. The summed E-state index contributed by atoms with van der Waals surface area (Å²) < 4.78 is 1.64. The molecule has 0 aliphatic carbocycles. The van der Waals surface area contributed by atoms with Crippen molar-refractivity contribution in [2.24, 2.45) is 7.05 Å². The number of nitrogens with one attached hydrogen (secondary N) is 1. The molecule has 1 saturated heterocycles. The monoisotopic (exact) mass is 330 g/mol. The second-order valence-electron chi connectivity index (χ2n) is 5.87. The first-order valence-electron chi connectivity index (χ1n) is 7.77. The average molecular weight is 330 g/mol. The molecule has 1 unspecified atom stereocenters. The molecule has 0 spiro atoms. The summed E-state index contributed by atoms with van der Waals surface area (Å²) in [4.78, 5) is 26.5. The van der Waals surface area contributed by atoms with E-state index in [2.05, 4.69) is 25.0 Å². The standard InChI is InChI=1S/C15H18N6OS/c1-20-13-10(8-17-20)14(22)19-12(18-13)9-21-6-3-2-4-11(21)15-16-5-7-23-15/h5,7-8,11H,2-4,6,9H2,1H3,(H,18,19,22). The molecule has 3 aromatic rings. The molecule has 0 saturated carbocycles. The molecular formula is C15H18N6OS. The van der Waals surface area contributed by atoms with Crippen LogP contribution in [0.5, 0.6) is 0 Å². The van der Waals surface area contributed by atoms with Crippen molar-refractivity contribution in [2.75, 3.05) is 6.54 Å². The van der Waals surface area contributed by atoms with Crippen LogP contribution in [-0.4, -0.2) is 36.2 Å². The highest BCUT2D eigenvalue weighted by Crippen LogP contribution is 2.32. The first-order chi connectivity index (χ1) is 11.2. The summed E-state index contributed by atoms with van der Waals surface area (Å²) in [5.41, 5.74) is 0.507. The summed E-state index contributed by atoms with van der Waals surface area (Å²) in [6.07, 6.45) is 6.90. The highest BCUT2D eigenvalue weighted by Gasteiger charge is 2.26. The lowest BCUT2D eigenvalue weighted by atomic mass is 10.0. The van der Waals surface area contributed by atoms with Crippen LogP contribution in [0.2, 0.25) is 0 Å². The van der Waals surface area contributed by atoms with Gasteiger partial charge in [-0.25, -0.2) is 9.97 Å². The Labute approximate surface area is 137 Å². The molecule has 3 aromatic heterocycles. The number of aromatic nitrogens is 5. The van der Waals surface area contributed by atoms with E-state index in [9.17, 15) is 4.79 Å². The SMILES string of the molecule is Cn1ncc2c(=O)[nH]c(CN3CCCCC3c3nccs3)nc21. The van der Waals surface area contributed by atoms with Crippen molar-refractivity contribution in [3.05, 3.63) is 39.0 Å². The molecule has 120 valence electrons. The van der Waals surface area contributed by atoms with Crippen LogP contribution in [0, 0.1) is 0 Å². The number of thiazole rings is 1. The van der Waals surface area contributed by atoms with Crippen molar-refractivity contribution >= 4 is 22.4 Å². The van der Waals surface area contributed by atoms with Gasteiger partial charge < -0.3 is 4.98 Å². The van der Waals surface area contributed by atoms with Gasteiger partial charge in [0, 0.05) is 18.6 Å². The molecule has 1 fully saturated rings. The van der Waals surface area contributed by atoms with Gasteiger partial charge in [-0.2, -0.15) is 5.10 Å². The fourth-order valence-electron chi connectivity index (χ4n) is 3.20. The van der Waals surface area contributed by atoms with Gasteiger partial charge in [0.1, 0.15) is 16.2 Å². The Morgan fingerprint density at radius 2 is 2.35 bits per heavy atom. The Morgan fingerprint density at radius 1 is 1.43 bits per heavy atom. The molecule has 4 heterocycles. The largest absolute Gasteiger partial charge is 0.309 e. The van der Waals surface area contributed by atoms with E-state index in [-0.39, 0.29) is 5.56 Å². The summed E-state index contributed by atoms with van der Waals surface area (Å²) >= 11 is 1.69. The van der Waals surface area contributed by atoms with Crippen LogP contribution < -0.4 is 5.56 Å². The summed E-state index contributed by atoms with van der Waals surface area (Å²) in [7, 11) is 1.80. The molecule has 0 aromatic carbocycles. The highest BCUT2D eigenvalue weighted by molar-refractivity contribution is 7.09. The first-order valence-corrected chi connectivity index (χ1v) is 8.64. The minimum absolute atomic E-state index is 0.124. The summed E-state index contributed by atoms with van der Waals surface area (Å²) in [6.45, 7) is 1.62. The summed E-state index contributed by atoms with van der Waals surface area (Å²) in [5.74, 6) is 0.689. The number of aryl methyl sites for hydroxylation is 1. The van der Waals surface area contributed by atoms with Crippen LogP contribution in [0.25, 0.3) is 11.0 Å². The maximum atomic E-state index is 12.2. The predicted molar refractivity (Wildman–Crippen MR) is 88.2 cm³/mol. The van der Waals surface area contributed by atoms with Crippen molar-refractivity contribution < 1.29 is 0 Å². The topological polar surface area (TPSA) is 79.7 Å². The summed E-state index contributed by atoms with van der Waals surface area (Å²) in [6, 6.07) is 0.316. The molecule has 23 heavy (non-hydrogen) atoms. The zero-order chi connectivity index (χ0) is 15.8. The van der Waals surface area contributed by atoms with E-state index >= 15 is 0 Å². The van der Waals surface area contributed by atoms with E-state index in [0.29, 0.717) is 29.4 Å². The van der Waals surface area contributed by atoms with Gasteiger partial charge in [-0.3, -0.25) is 14.4 Å². The minimum Gasteiger partial charge on any atom is -0.309 e. The minimum atomic E-state index is -0.124. The lowest BCUT2D eigenvalue weighted by Gasteiger charge is -2.33. The van der Waals surface area contributed by atoms with E-state index in [0.717, 1.165) is 18.0 Å². The molecule has 0 amide bonds. The second-order valence-corrected chi connectivity index (χ2v) is 6.80. The van der Waals surface area contributed by atoms with Crippen molar-refractivity contribution in [3.8, 4) is 0 Å². The molecule has 1 aliphatic rings. The molecule has 1 aliphatic heterocycles. The molecule has 1 atom stereocenters. The Balaban J connectivity index is 1.66. The third-order valence-corrected chi connectivity index (χ3v) is 5.23. The fraction of sp³-hybridized carbons (Fsp3) is 0.467.